The van der Waals surface area contributed by atoms with Crippen LogP contribution in [0, 0.1) is 15.9 Å². The molecule has 0 aliphatic carbocycles. The number of nitrogens with zero attached hydrogens (tertiary/aromatic N) is 3. The lowest BCUT2D eigenvalue weighted by Crippen LogP contribution is -2.23. The van der Waals surface area contributed by atoms with Gasteiger partial charge in [0.25, 0.3) is 11.2 Å². The van der Waals surface area contributed by atoms with Gasteiger partial charge >= 0.3 is 0 Å². The summed E-state index contributed by atoms with van der Waals surface area (Å²) >= 11 is 0. The van der Waals surface area contributed by atoms with E-state index in [4.69, 9.17) is 4.74 Å². The number of nitro groups is 1. The number of hydrogen-bond acceptors (Lipinski definition) is 5. The van der Waals surface area contributed by atoms with Crippen molar-refractivity contribution in [3.8, 4) is 5.75 Å². The van der Waals surface area contributed by atoms with Crippen LogP contribution in [0.5, 0.6) is 5.75 Å². The van der Waals surface area contributed by atoms with E-state index in [-0.39, 0.29) is 35.6 Å². The molecule has 3 aromatic rings. The highest BCUT2D eigenvalue weighted by Gasteiger charge is 2.10. The van der Waals surface area contributed by atoms with Crippen LogP contribution in [-0.2, 0) is 6.54 Å². The minimum Gasteiger partial charge on any atom is -0.492 e. The van der Waals surface area contributed by atoms with E-state index in [2.05, 4.69) is 4.98 Å². The van der Waals surface area contributed by atoms with Gasteiger partial charge < -0.3 is 4.74 Å². The number of ether oxygens (including phenoxy) is 1. The first-order valence-electron chi connectivity index (χ1n) is 7.06. The van der Waals surface area contributed by atoms with E-state index in [0.717, 1.165) is 0 Å². The summed E-state index contributed by atoms with van der Waals surface area (Å²) < 4.78 is 19.6. The number of rotatable bonds is 5. The number of hydrogen-bond donors (Lipinski definition) is 0. The maximum absolute atomic E-state index is 12.8. The highest BCUT2D eigenvalue weighted by molar-refractivity contribution is 5.79. The zero-order chi connectivity index (χ0) is 17.1. The van der Waals surface area contributed by atoms with Crippen molar-refractivity contribution in [1.82, 2.24) is 9.55 Å². The molecule has 0 unspecified atom stereocenters. The van der Waals surface area contributed by atoms with Crippen LogP contribution in [0.25, 0.3) is 10.9 Å². The van der Waals surface area contributed by atoms with E-state index >= 15 is 0 Å². The summed E-state index contributed by atoms with van der Waals surface area (Å²) in [6, 6.07) is 9.48. The van der Waals surface area contributed by atoms with Crippen molar-refractivity contribution in [2.75, 3.05) is 6.61 Å². The van der Waals surface area contributed by atoms with Crippen LogP contribution in [0.1, 0.15) is 0 Å². The van der Waals surface area contributed by atoms with Crippen molar-refractivity contribution in [1.29, 1.82) is 0 Å². The molecule has 0 amide bonds. The molecule has 0 saturated carbocycles. The van der Waals surface area contributed by atoms with Crippen molar-refractivity contribution >= 4 is 16.6 Å². The molecule has 0 aliphatic heterocycles. The standard InChI is InChI=1S/C16H12FN3O4/c17-11-1-4-13(5-2-11)24-8-7-19-10-18-15-6-3-12(20(22)23)9-14(15)16(19)21/h1-6,9-10H,7-8H2. The first kappa shape index (κ1) is 15.6. The van der Waals surface area contributed by atoms with Crippen molar-refractivity contribution in [3.05, 3.63) is 75.1 Å². The van der Waals surface area contributed by atoms with Crippen LogP contribution in [0.2, 0.25) is 0 Å². The molecule has 7 nitrogen and oxygen atoms in total. The zero-order valence-corrected chi connectivity index (χ0v) is 12.4. The predicted octanol–water partition coefficient (Wildman–Crippen LogP) is 2.52. The van der Waals surface area contributed by atoms with Crippen molar-refractivity contribution in [2.24, 2.45) is 0 Å². The van der Waals surface area contributed by atoms with Crippen molar-refractivity contribution in [2.45, 2.75) is 6.54 Å². The molecule has 0 saturated heterocycles. The lowest BCUT2D eigenvalue weighted by molar-refractivity contribution is -0.384. The van der Waals surface area contributed by atoms with Gasteiger partial charge in [-0.05, 0) is 30.3 Å². The van der Waals surface area contributed by atoms with Crippen LogP contribution in [-0.4, -0.2) is 21.1 Å². The maximum atomic E-state index is 12.8. The molecule has 24 heavy (non-hydrogen) atoms. The van der Waals surface area contributed by atoms with Gasteiger partial charge in [0.05, 0.1) is 28.7 Å². The van der Waals surface area contributed by atoms with Crippen LogP contribution >= 0.6 is 0 Å². The summed E-state index contributed by atoms with van der Waals surface area (Å²) in [7, 11) is 0. The van der Waals surface area contributed by atoms with Gasteiger partial charge in [-0.15, -0.1) is 0 Å². The Morgan fingerprint density at radius 1 is 1.21 bits per heavy atom. The van der Waals surface area contributed by atoms with E-state index in [9.17, 15) is 19.3 Å². The minimum atomic E-state index is -0.562. The van der Waals surface area contributed by atoms with Crippen LogP contribution in [0.3, 0.4) is 0 Å². The number of benzene rings is 2. The van der Waals surface area contributed by atoms with E-state index in [1.165, 1.54) is 53.4 Å². The third-order valence-corrected chi connectivity index (χ3v) is 3.43. The lowest BCUT2D eigenvalue weighted by Gasteiger charge is -2.08. The molecular weight excluding hydrogens is 317 g/mol. The highest BCUT2D eigenvalue weighted by atomic mass is 19.1. The van der Waals surface area contributed by atoms with E-state index < -0.39 is 4.92 Å². The molecule has 0 atom stereocenters. The number of aromatic nitrogens is 2. The van der Waals surface area contributed by atoms with Crippen molar-refractivity contribution in [3.63, 3.8) is 0 Å². The van der Waals surface area contributed by atoms with Crippen LogP contribution in [0.4, 0.5) is 10.1 Å². The Bertz CT molecular complexity index is 954. The summed E-state index contributed by atoms with van der Waals surface area (Å²) in [5.41, 5.74) is -0.158. The lowest BCUT2D eigenvalue weighted by atomic mass is 10.2. The first-order chi connectivity index (χ1) is 11.5. The fraction of sp³-hybridized carbons (Fsp3) is 0.125. The third kappa shape index (κ3) is 3.22. The Hall–Kier alpha value is -3.29. The molecule has 1 aromatic heterocycles. The Balaban J connectivity index is 1.79. The predicted molar refractivity (Wildman–Crippen MR) is 84.6 cm³/mol. The molecule has 122 valence electrons. The monoisotopic (exact) mass is 329 g/mol. The molecule has 0 fully saturated rings. The number of non-ortho nitro benzene ring substituents is 1. The Morgan fingerprint density at radius 3 is 2.67 bits per heavy atom. The second-order valence-electron chi connectivity index (χ2n) is 5.00. The summed E-state index contributed by atoms with van der Waals surface area (Å²) in [4.78, 5) is 26.8. The van der Waals surface area contributed by atoms with Gasteiger partial charge in [-0.1, -0.05) is 0 Å². The number of fused-ring (bicyclic) bond motifs is 1. The molecule has 0 N–H and O–H groups in total. The molecule has 1 heterocycles. The molecule has 0 spiro atoms. The fourth-order valence-electron chi connectivity index (χ4n) is 2.21. The first-order valence-corrected chi connectivity index (χ1v) is 7.06. The number of nitro benzene ring substituents is 1. The van der Waals surface area contributed by atoms with E-state index in [0.29, 0.717) is 11.3 Å². The van der Waals surface area contributed by atoms with Gasteiger partial charge in [-0.2, -0.15) is 0 Å². The van der Waals surface area contributed by atoms with Gasteiger partial charge in [-0.25, -0.2) is 9.37 Å². The van der Waals surface area contributed by atoms with Gasteiger partial charge in [-0.3, -0.25) is 19.5 Å². The number of halogens is 1. The molecule has 0 radical (unpaired) electrons. The molecule has 0 bridgehead atoms. The Kier molecular flexibility index (Phi) is 4.19. The van der Waals surface area contributed by atoms with Gasteiger partial charge in [0.2, 0.25) is 0 Å². The molecule has 8 heteroatoms. The smallest absolute Gasteiger partial charge is 0.270 e. The second-order valence-corrected chi connectivity index (χ2v) is 5.00. The average Bonchev–Trinajstić information content (AvgIpc) is 2.58. The maximum Gasteiger partial charge on any atom is 0.270 e. The van der Waals surface area contributed by atoms with E-state index in [1.807, 2.05) is 0 Å². The average molecular weight is 329 g/mol. The normalized spacial score (nSPS) is 10.7. The Morgan fingerprint density at radius 2 is 1.96 bits per heavy atom. The van der Waals surface area contributed by atoms with Crippen molar-refractivity contribution < 1.29 is 14.1 Å². The summed E-state index contributed by atoms with van der Waals surface area (Å²) in [5, 5.41) is 11.0. The SMILES string of the molecule is O=c1c2cc([N+](=O)[O-])ccc2ncn1CCOc1ccc(F)cc1. The summed E-state index contributed by atoms with van der Waals surface area (Å²) in [6.07, 6.45) is 1.37. The quantitative estimate of drug-likeness (QED) is 0.530. The molecule has 3 rings (SSSR count). The second kappa shape index (κ2) is 6.45. The molecule has 2 aromatic carbocycles. The van der Waals surface area contributed by atoms with Gasteiger partial charge in [0.1, 0.15) is 18.2 Å². The summed E-state index contributed by atoms with van der Waals surface area (Å²) in [5.74, 6) is 0.118. The fourth-order valence-corrected chi connectivity index (χ4v) is 2.21. The zero-order valence-electron chi connectivity index (χ0n) is 12.4. The largest absolute Gasteiger partial charge is 0.492 e. The highest BCUT2D eigenvalue weighted by Crippen LogP contribution is 2.16. The molecular formula is C16H12FN3O4. The Labute approximate surface area is 135 Å². The minimum absolute atomic E-state index is 0.165. The van der Waals surface area contributed by atoms with Crippen LogP contribution < -0.4 is 10.3 Å². The third-order valence-electron chi connectivity index (χ3n) is 3.43. The van der Waals surface area contributed by atoms with Gasteiger partial charge in [0.15, 0.2) is 0 Å². The van der Waals surface area contributed by atoms with Crippen LogP contribution in [0.15, 0.2) is 53.6 Å². The topological polar surface area (TPSA) is 87.3 Å². The summed E-state index contributed by atoms with van der Waals surface area (Å²) in [6.45, 7) is 0.384. The van der Waals surface area contributed by atoms with Gasteiger partial charge in [0, 0.05) is 12.1 Å². The van der Waals surface area contributed by atoms with E-state index in [1.54, 1.807) is 0 Å². The molecule has 0 aliphatic rings.